The standard InChI is InChI=1S/C16H21N3O4/c1-10(2)14(20)18-12-4-7-19(8-5-12)15(21)11-3-6-17-13(9-11)16(22)23/h3,6,9-10,12H,4-5,7-8H2,1-2H3,(H,18,20)(H,22,23). The Morgan fingerprint density at radius 1 is 1.30 bits per heavy atom. The van der Waals surface area contributed by atoms with Gasteiger partial charge in [0.05, 0.1) is 0 Å². The van der Waals surface area contributed by atoms with Crippen LogP contribution in [0.15, 0.2) is 18.3 Å². The van der Waals surface area contributed by atoms with Crippen molar-refractivity contribution < 1.29 is 19.5 Å². The summed E-state index contributed by atoms with van der Waals surface area (Å²) in [5.74, 6) is -1.39. The SMILES string of the molecule is CC(C)C(=O)NC1CCN(C(=O)c2ccnc(C(=O)O)c2)CC1. The predicted octanol–water partition coefficient (Wildman–Crippen LogP) is 1.16. The fraction of sp³-hybridized carbons (Fsp3) is 0.500. The molecular weight excluding hydrogens is 298 g/mol. The predicted molar refractivity (Wildman–Crippen MR) is 83.1 cm³/mol. The Bertz CT molecular complexity index is 607. The molecule has 0 aliphatic carbocycles. The summed E-state index contributed by atoms with van der Waals surface area (Å²) >= 11 is 0. The highest BCUT2D eigenvalue weighted by molar-refractivity contribution is 5.96. The number of carbonyl (C=O) groups excluding carboxylic acids is 2. The topological polar surface area (TPSA) is 99.6 Å². The van der Waals surface area contributed by atoms with Gasteiger partial charge in [-0.05, 0) is 25.0 Å². The summed E-state index contributed by atoms with van der Waals surface area (Å²) in [5.41, 5.74) is 0.178. The van der Waals surface area contributed by atoms with Gasteiger partial charge in [0.1, 0.15) is 5.69 Å². The molecule has 0 radical (unpaired) electrons. The number of carboxylic acids is 1. The van der Waals surface area contributed by atoms with Crippen molar-refractivity contribution in [3.8, 4) is 0 Å². The minimum absolute atomic E-state index is 0.0232. The smallest absolute Gasteiger partial charge is 0.354 e. The molecule has 1 aliphatic heterocycles. The molecule has 7 heteroatoms. The van der Waals surface area contributed by atoms with E-state index in [9.17, 15) is 14.4 Å². The van der Waals surface area contributed by atoms with Gasteiger partial charge in [0.2, 0.25) is 5.91 Å². The number of nitrogens with zero attached hydrogens (tertiary/aromatic N) is 2. The third kappa shape index (κ3) is 4.28. The second-order valence-electron chi connectivity index (χ2n) is 5.96. The van der Waals surface area contributed by atoms with Gasteiger partial charge in [-0.1, -0.05) is 13.8 Å². The first kappa shape index (κ1) is 16.9. The highest BCUT2D eigenvalue weighted by atomic mass is 16.4. The first-order valence-corrected chi connectivity index (χ1v) is 7.67. The molecule has 23 heavy (non-hydrogen) atoms. The van der Waals surface area contributed by atoms with E-state index >= 15 is 0 Å². The molecule has 0 saturated carbocycles. The summed E-state index contributed by atoms with van der Waals surface area (Å²) in [5, 5.41) is 11.9. The van der Waals surface area contributed by atoms with E-state index in [4.69, 9.17) is 5.11 Å². The Balaban J connectivity index is 1.94. The van der Waals surface area contributed by atoms with Crippen molar-refractivity contribution in [3.63, 3.8) is 0 Å². The molecule has 1 saturated heterocycles. The van der Waals surface area contributed by atoms with Crippen LogP contribution in [0, 0.1) is 5.92 Å². The molecule has 1 aromatic rings. The highest BCUT2D eigenvalue weighted by Crippen LogP contribution is 2.15. The summed E-state index contributed by atoms with van der Waals surface area (Å²) in [6, 6.07) is 2.89. The number of hydrogen-bond donors (Lipinski definition) is 2. The lowest BCUT2D eigenvalue weighted by Gasteiger charge is -2.32. The van der Waals surface area contributed by atoms with Crippen LogP contribution >= 0.6 is 0 Å². The zero-order valence-corrected chi connectivity index (χ0v) is 13.3. The van der Waals surface area contributed by atoms with Crippen LogP contribution in [0.2, 0.25) is 0 Å². The van der Waals surface area contributed by atoms with E-state index in [1.54, 1.807) is 4.90 Å². The first-order valence-electron chi connectivity index (χ1n) is 7.67. The molecule has 0 aromatic carbocycles. The number of aromatic carboxylic acids is 1. The molecule has 2 N–H and O–H groups in total. The molecule has 2 amide bonds. The Hall–Kier alpha value is -2.44. The molecule has 0 unspecified atom stereocenters. The van der Waals surface area contributed by atoms with E-state index in [2.05, 4.69) is 10.3 Å². The van der Waals surface area contributed by atoms with Crippen molar-refractivity contribution in [3.05, 3.63) is 29.6 Å². The quantitative estimate of drug-likeness (QED) is 0.867. The fourth-order valence-electron chi connectivity index (χ4n) is 2.46. The molecular formula is C16H21N3O4. The molecule has 0 bridgehead atoms. The summed E-state index contributed by atoms with van der Waals surface area (Å²) in [6.45, 7) is 4.76. The Morgan fingerprint density at radius 3 is 2.52 bits per heavy atom. The number of amides is 2. The van der Waals surface area contributed by atoms with Gasteiger partial charge < -0.3 is 15.3 Å². The minimum Gasteiger partial charge on any atom is -0.477 e. The largest absolute Gasteiger partial charge is 0.477 e. The van der Waals surface area contributed by atoms with Gasteiger partial charge in [-0.25, -0.2) is 9.78 Å². The van der Waals surface area contributed by atoms with Gasteiger partial charge in [-0.3, -0.25) is 9.59 Å². The van der Waals surface area contributed by atoms with Crippen LogP contribution in [0.1, 0.15) is 47.5 Å². The summed E-state index contributed by atoms with van der Waals surface area (Å²) in [6.07, 6.45) is 2.72. The van der Waals surface area contributed by atoms with Gasteiger partial charge >= 0.3 is 5.97 Å². The van der Waals surface area contributed by atoms with Crippen molar-refractivity contribution >= 4 is 17.8 Å². The maximum Gasteiger partial charge on any atom is 0.354 e. The van der Waals surface area contributed by atoms with Gasteiger partial charge in [0, 0.05) is 36.8 Å². The summed E-state index contributed by atoms with van der Waals surface area (Å²) in [7, 11) is 0. The molecule has 124 valence electrons. The number of aromatic nitrogens is 1. The van der Waals surface area contributed by atoms with Crippen LogP contribution in [-0.4, -0.2) is 51.9 Å². The molecule has 0 atom stereocenters. The number of piperidine rings is 1. The van der Waals surface area contributed by atoms with Crippen molar-refractivity contribution in [1.29, 1.82) is 0 Å². The molecule has 7 nitrogen and oxygen atoms in total. The van der Waals surface area contributed by atoms with Gasteiger partial charge in [-0.2, -0.15) is 0 Å². The second kappa shape index (κ2) is 7.21. The van der Waals surface area contributed by atoms with E-state index < -0.39 is 5.97 Å². The van der Waals surface area contributed by atoms with Gasteiger partial charge in [0.15, 0.2) is 0 Å². The second-order valence-corrected chi connectivity index (χ2v) is 5.96. The van der Waals surface area contributed by atoms with E-state index in [1.165, 1.54) is 18.3 Å². The Kier molecular flexibility index (Phi) is 5.31. The summed E-state index contributed by atoms with van der Waals surface area (Å²) < 4.78 is 0. The van der Waals surface area contributed by atoms with Gasteiger partial charge in [0.25, 0.3) is 5.91 Å². The van der Waals surface area contributed by atoms with Crippen LogP contribution in [0.5, 0.6) is 0 Å². The third-order valence-electron chi connectivity index (χ3n) is 3.88. The Labute approximate surface area is 134 Å². The number of hydrogen-bond acceptors (Lipinski definition) is 4. The van der Waals surface area contributed by atoms with E-state index in [0.717, 1.165) is 0 Å². The minimum atomic E-state index is -1.16. The molecule has 2 heterocycles. The lowest BCUT2D eigenvalue weighted by molar-refractivity contribution is -0.124. The van der Waals surface area contributed by atoms with E-state index in [1.807, 2.05) is 13.8 Å². The first-order chi connectivity index (χ1) is 10.9. The maximum absolute atomic E-state index is 12.4. The molecule has 0 spiro atoms. The average molecular weight is 319 g/mol. The summed E-state index contributed by atoms with van der Waals surface area (Å²) in [4.78, 5) is 40.4. The lowest BCUT2D eigenvalue weighted by atomic mass is 10.0. The fourth-order valence-corrected chi connectivity index (χ4v) is 2.46. The molecule has 2 rings (SSSR count). The molecule has 1 aromatic heterocycles. The number of pyridine rings is 1. The Morgan fingerprint density at radius 2 is 1.96 bits per heavy atom. The maximum atomic E-state index is 12.4. The molecule has 1 aliphatic rings. The van der Waals surface area contributed by atoms with Crippen LogP contribution in [0.25, 0.3) is 0 Å². The van der Waals surface area contributed by atoms with Gasteiger partial charge in [-0.15, -0.1) is 0 Å². The van der Waals surface area contributed by atoms with Crippen molar-refractivity contribution in [2.45, 2.75) is 32.7 Å². The van der Waals surface area contributed by atoms with Crippen molar-refractivity contribution in [2.75, 3.05) is 13.1 Å². The lowest BCUT2D eigenvalue weighted by Crippen LogP contribution is -2.47. The number of carbonyl (C=O) groups is 3. The van der Waals surface area contributed by atoms with E-state index in [0.29, 0.717) is 31.5 Å². The third-order valence-corrected chi connectivity index (χ3v) is 3.88. The van der Waals surface area contributed by atoms with Crippen LogP contribution in [-0.2, 0) is 4.79 Å². The van der Waals surface area contributed by atoms with Crippen molar-refractivity contribution in [2.24, 2.45) is 5.92 Å². The van der Waals surface area contributed by atoms with E-state index in [-0.39, 0.29) is 29.5 Å². The number of rotatable bonds is 4. The average Bonchev–Trinajstić information content (AvgIpc) is 2.55. The normalized spacial score (nSPS) is 15.5. The van der Waals surface area contributed by atoms with Crippen LogP contribution < -0.4 is 5.32 Å². The zero-order valence-electron chi connectivity index (χ0n) is 13.3. The zero-order chi connectivity index (χ0) is 17.0. The molecule has 1 fully saturated rings. The van der Waals surface area contributed by atoms with Crippen molar-refractivity contribution in [1.82, 2.24) is 15.2 Å². The van der Waals surface area contributed by atoms with Crippen LogP contribution in [0.4, 0.5) is 0 Å². The number of nitrogens with one attached hydrogen (secondary N) is 1. The monoisotopic (exact) mass is 319 g/mol. The highest BCUT2D eigenvalue weighted by Gasteiger charge is 2.25. The number of carboxylic acid groups (broad SMARTS) is 1. The van der Waals surface area contributed by atoms with Crippen LogP contribution in [0.3, 0.4) is 0 Å². The number of likely N-dealkylation sites (tertiary alicyclic amines) is 1.